The molecular weight excluding hydrogens is 651 g/mol. The van der Waals surface area contributed by atoms with Crippen LogP contribution in [0.15, 0.2) is 42.6 Å². The maximum atomic E-state index is 15.9. The number of H-pyrrole nitrogens is 1. The number of ether oxygens (including phenoxy) is 3. The van der Waals surface area contributed by atoms with Crippen LogP contribution in [0.1, 0.15) is 75.2 Å². The molecular formula is C37H46ClFN4O6. The predicted molar refractivity (Wildman–Crippen MR) is 185 cm³/mol. The Bertz CT molecular complexity index is 1660. The van der Waals surface area contributed by atoms with Crippen molar-refractivity contribution >= 4 is 45.9 Å². The van der Waals surface area contributed by atoms with E-state index in [2.05, 4.69) is 20.1 Å². The summed E-state index contributed by atoms with van der Waals surface area (Å²) >= 11 is 6.65. The van der Waals surface area contributed by atoms with Crippen molar-refractivity contribution in [2.24, 2.45) is 5.92 Å². The third-order valence-electron chi connectivity index (χ3n) is 9.94. The van der Waals surface area contributed by atoms with Crippen LogP contribution in [0.2, 0.25) is 5.02 Å². The van der Waals surface area contributed by atoms with Gasteiger partial charge in [0.15, 0.2) is 5.78 Å². The number of likely N-dealkylation sites (tertiary alicyclic amines) is 1. The zero-order valence-corrected chi connectivity index (χ0v) is 29.2. The standard InChI is InChI=1S/C37H46ClFN4O6/c1-4-47-36(46)25-11-13-27(14-12-25)49-37(42-15-7-8-16-42,43-21-23(2)48-24(3)22-43)34(44)18-26-17-30(38)33(19-31(26)39)41-35(45)29-20-40-32-10-6-5-9-28(29)32/h5-6,9-10,17,19-20,23-25,27,40H,4,7-8,11-16,18,21-22H2,1-3H3,(H,41,45)/t23-,24+,25?,27?,37?. The Morgan fingerprint density at radius 2 is 1.73 bits per heavy atom. The minimum absolute atomic E-state index is 0.113. The fraction of sp³-hybridized carbons (Fsp3) is 0.541. The summed E-state index contributed by atoms with van der Waals surface area (Å²) in [5.41, 5.74) is 1.44. The molecule has 3 fully saturated rings. The molecule has 1 aliphatic carbocycles. The van der Waals surface area contributed by atoms with Crippen molar-refractivity contribution in [3.8, 4) is 0 Å². The number of anilines is 1. The van der Waals surface area contributed by atoms with Crippen LogP contribution in [0.5, 0.6) is 0 Å². The first kappa shape index (κ1) is 35.5. The number of Topliss-reactive ketones (excluding diaryl/α,β-unsaturated/α-hetero) is 1. The third kappa shape index (κ3) is 7.56. The quantitative estimate of drug-likeness (QED) is 0.224. The smallest absolute Gasteiger partial charge is 0.308 e. The number of fused-ring (bicyclic) bond motifs is 1. The summed E-state index contributed by atoms with van der Waals surface area (Å²) in [6, 6.07) is 9.99. The number of para-hydroxylation sites is 1. The van der Waals surface area contributed by atoms with E-state index >= 15 is 4.39 Å². The van der Waals surface area contributed by atoms with Crippen LogP contribution in [0.4, 0.5) is 10.1 Å². The monoisotopic (exact) mass is 696 g/mol. The van der Waals surface area contributed by atoms with Crippen LogP contribution in [-0.4, -0.2) is 89.4 Å². The molecule has 1 aromatic heterocycles. The van der Waals surface area contributed by atoms with E-state index in [1.165, 1.54) is 12.1 Å². The molecule has 2 N–H and O–H groups in total. The predicted octanol–water partition coefficient (Wildman–Crippen LogP) is 6.32. The largest absolute Gasteiger partial charge is 0.466 e. The first-order valence-electron chi connectivity index (χ1n) is 17.5. The van der Waals surface area contributed by atoms with Gasteiger partial charge in [-0.25, -0.2) is 4.39 Å². The fourth-order valence-corrected chi connectivity index (χ4v) is 7.91. The van der Waals surface area contributed by atoms with E-state index in [1.807, 2.05) is 38.1 Å². The van der Waals surface area contributed by atoms with E-state index in [9.17, 15) is 14.4 Å². The van der Waals surface area contributed by atoms with E-state index in [-0.39, 0.29) is 58.7 Å². The molecule has 2 saturated heterocycles. The summed E-state index contributed by atoms with van der Waals surface area (Å²) < 4.78 is 34.3. The zero-order valence-electron chi connectivity index (χ0n) is 28.4. The summed E-state index contributed by atoms with van der Waals surface area (Å²) in [5.74, 6) is -3.20. The Balaban J connectivity index is 1.27. The highest BCUT2D eigenvalue weighted by Crippen LogP contribution is 2.38. The molecule has 2 aromatic carbocycles. The highest BCUT2D eigenvalue weighted by molar-refractivity contribution is 6.34. The van der Waals surface area contributed by atoms with Gasteiger partial charge < -0.3 is 24.5 Å². The summed E-state index contributed by atoms with van der Waals surface area (Å²) in [6.07, 6.45) is 5.02. The first-order chi connectivity index (χ1) is 23.6. The lowest BCUT2D eigenvalue weighted by Crippen LogP contribution is -2.71. The van der Waals surface area contributed by atoms with E-state index in [0.29, 0.717) is 64.0 Å². The lowest BCUT2D eigenvalue weighted by atomic mass is 9.87. The molecule has 49 heavy (non-hydrogen) atoms. The molecule has 264 valence electrons. The number of carbonyl (C=O) groups is 3. The number of hydrogen-bond donors (Lipinski definition) is 2. The normalized spacial score (nSPS) is 24.8. The van der Waals surface area contributed by atoms with Crippen molar-refractivity contribution in [3.63, 3.8) is 0 Å². The van der Waals surface area contributed by atoms with Gasteiger partial charge in [0, 0.05) is 49.7 Å². The van der Waals surface area contributed by atoms with E-state index in [1.54, 1.807) is 13.1 Å². The highest BCUT2D eigenvalue weighted by Gasteiger charge is 2.54. The molecule has 6 rings (SSSR count). The maximum Gasteiger partial charge on any atom is 0.308 e. The Morgan fingerprint density at radius 1 is 1.04 bits per heavy atom. The molecule has 1 saturated carbocycles. The SMILES string of the molecule is CCOC(=O)C1CCC(OC(C(=O)Cc2cc(Cl)c(NC(=O)c3c[nH]c4ccccc34)cc2F)(N2CCCC2)N2C[C@@H](C)O[C@@H](C)C2)CC1. The summed E-state index contributed by atoms with van der Waals surface area (Å²) in [4.78, 5) is 47.8. The number of esters is 1. The number of aromatic nitrogens is 1. The van der Waals surface area contributed by atoms with Crippen molar-refractivity contribution < 1.29 is 33.0 Å². The molecule has 3 aliphatic rings. The third-order valence-corrected chi connectivity index (χ3v) is 10.3. The first-order valence-corrected chi connectivity index (χ1v) is 17.9. The van der Waals surface area contributed by atoms with E-state index < -0.39 is 17.6 Å². The molecule has 3 aromatic rings. The molecule has 0 spiro atoms. The fourth-order valence-electron chi connectivity index (χ4n) is 7.68. The molecule has 1 unspecified atom stereocenters. The van der Waals surface area contributed by atoms with Crippen LogP contribution in [0, 0.1) is 11.7 Å². The van der Waals surface area contributed by atoms with Gasteiger partial charge in [0.2, 0.25) is 5.85 Å². The molecule has 10 nitrogen and oxygen atoms in total. The van der Waals surface area contributed by atoms with Gasteiger partial charge in [-0.05, 0) is 83.1 Å². The summed E-state index contributed by atoms with van der Waals surface area (Å²) in [6.45, 7) is 8.35. The van der Waals surface area contributed by atoms with Gasteiger partial charge >= 0.3 is 5.97 Å². The average Bonchev–Trinajstić information content (AvgIpc) is 3.77. The number of ketones is 1. The molecule has 3 atom stereocenters. The van der Waals surface area contributed by atoms with Crippen LogP contribution in [0.3, 0.4) is 0 Å². The van der Waals surface area contributed by atoms with Gasteiger partial charge in [-0.3, -0.25) is 24.2 Å². The number of amides is 1. The number of halogens is 2. The van der Waals surface area contributed by atoms with E-state index in [0.717, 1.165) is 23.7 Å². The number of benzene rings is 2. The lowest BCUT2D eigenvalue weighted by molar-refractivity contribution is -0.274. The van der Waals surface area contributed by atoms with E-state index in [4.69, 9.17) is 25.8 Å². The van der Waals surface area contributed by atoms with Gasteiger partial charge in [-0.1, -0.05) is 29.8 Å². The van der Waals surface area contributed by atoms with Gasteiger partial charge in [-0.2, -0.15) is 0 Å². The van der Waals surface area contributed by atoms with Crippen molar-refractivity contribution in [3.05, 3.63) is 64.6 Å². The Morgan fingerprint density at radius 3 is 2.43 bits per heavy atom. The molecule has 1 amide bonds. The molecule has 12 heteroatoms. The number of nitrogens with zero attached hydrogens (tertiary/aromatic N) is 2. The Hall–Kier alpha value is -3.35. The summed E-state index contributed by atoms with van der Waals surface area (Å²) in [7, 11) is 0. The van der Waals surface area contributed by atoms with Gasteiger partial charge in [0.25, 0.3) is 5.91 Å². The number of nitrogens with one attached hydrogen (secondary N) is 2. The maximum absolute atomic E-state index is 15.9. The minimum Gasteiger partial charge on any atom is -0.466 e. The van der Waals surface area contributed by atoms with Crippen molar-refractivity contribution in [2.75, 3.05) is 38.1 Å². The number of morpholine rings is 1. The van der Waals surface area contributed by atoms with Gasteiger partial charge in [-0.15, -0.1) is 0 Å². The average molecular weight is 697 g/mol. The number of hydrogen-bond acceptors (Lipinski definition) is 8. The Kier molecular flexibility index (Phi) is 11.1. The van der Waals surface area contributed by atoms with Crippen LogP contribution in [0.25, 0.3) is 10.9 Å². The molecule has 3 heterocycles. The summed E-state index contributed by atoms with van der Waals surface area (Å²) in [5, 5.41) is 3.59. The molecule has 0 radical (unpaired) electrons. The molecule has 0 bridgehead atoms. The van der Waals surface area contributed by atoms with Gasteiger partial charge in [0.05, 0.1) is 47.1 Å². The zero-order chi connectivity index (χ0) is 34.7. The second-order valence-electron chi connectivity index (χ2n) is 13.5. The number of aromatic amines is 1. The second kappa shape index (κ2) is 15.3. The van der Waals surface area contributed by atoms with Crippen LogP contribution >= 0.6 is 11.6 Å². The Labute approximate surface area is 291 Å². The van der Waals surface area contributed by atoms with Crippen molar-refractivity contribution in [2.45, 2.75) is 89.9 Å². The minimum atomic E-state index is -1.45. The lowest BCUT2D eigenvalue weighted by Gasteiger charge is -2.52. The number of rotatable bonds is 11. The highest BCUT2D eigenvalue weighted by atomic mass is 35.5. The van der Waals surface area contributed by atoms with Crippen LogP contribution in [-0.2, 0) is 30.2 Å². The second-order valence-corrected chi connectivity index (χ2v) is 13.9. The van der Waals surface area contributed by atoms with Crippen molar-refractivity contribution in [1.29, 1.82) is 0 Å². The van der Waals surface area contributed by atoms with Gasteiger partial charge in [0.1, 0.15) is 5.82 Å². The van der Waals surface area contributed by atoms with Crippen molar-refractivity contribution in [1.82, 2.24) is 14.8 Å². The topological polar surface area (TPSA) is 113 Å². The molecule has 2 aliphatic heterocycles. The number of carbonyl (C=O) groups excluding carboxylic acids is 3. The van der Waals surface area contributed by atoms with Crippen LogP contribution < -0.4 is 5.32 Å².